The van der Waals surface area contributed by atoms with Crippen molar-refractivity contribution in [2.24, 2.45) is 11.8 Å². The van der Waals surface area contributed by atoms with Gasteiger partial charge in [0, 0.05) is 5.92 Å². The van der Waals surface area contributed by atoms with Gasteiger partial charge in [-0.2, -0.15) is 0 Å². The average molecular weight is 276 g/mol. The van der Waals surface area contributed by atoms with Gasteiger partial charge in [-0.3, -0.25) is 11.3 Å². The van der Waals surface area contributed by atoms with Crippen LogP contribution in [0, 0.1) is 5.92 Å². The van der Waals surface area contributed by atoms with E-state index in [9.17, 15) is 0 Å². The van der Waals surface area contributed by atoms with Crippen LogP contribution in [0.4, 0.5) is 0 Å². The fourth-order valence-electron chi connectivity index (χ4n) is 3.75. The van der Waals surface area contributed by atoms with Gasteiger partial charge in [0.25, 0.3) is 0 Å². The SMILES string of the molecule is NNC(c1ccc2c(c1)OCCO2)C1CC2CCC1O2. The molecule has 0 aliphatic carbocycles. The van der Waals surface area contributed by atoms with Gasteiger partial charge in [-0.15, -0.1) is 0 Å². The zero-order valence-corrected chi connectivity index (χ0v) is 11.4. The first kappa shape index (κ1) is 12.4. The predicted octanol–water partition coefficient (Wildman–Crippen LogP) is 1.53. The molecule has 0 spiro atoms. The standard InChI is InChI=1S/C15H20N2O3/c16-17-15(11-8-10-2-4-12(11)20-10)9-1-3-13-14(7-9)19-6-5-18-13/h1,3,7,10-12,15,17H,2,4-6,8,16H2. The second-order valence-corrected chi connectivity index (χ2v) is 5.82. The zero-order valence-electron chi connectivity index (χ0n) is 11.4. The second-order valence-electron chi connectivity index (χ2n) is 5.82. The van der Waals surface area contributed by atoms with E-state index < -0.39 is 0 Å². The third kappa shape index (κ3) is 1.97. The summed E-state index contributed by atoms with van der Waals surface area (Å²) in [6.45, 7) is 1.22. The highest BCUT2D eigenvalue weighted by molar-refractivity contribution is 5.45. The largest absolute Gasteiger partial charge is 0.486 e. The lowest BCUT2D eigenvalue weighted by molar-refractivity contribution is 0.0856. The summed E-state index contributed by atoms with van der Waals surface area (Å²) in [6.07, 6.45) is 4.21. The summed E-state index contributed by atoms with van der Waals surface area (Å²) < 4.78 is 17.2. The van der Waals surface area contributed by atoms with Crippen LogP contribution in [-0.2, 0) is 4.74 Å². The topological polar surface area (TPSA) is 65.7 Å². The molecular formula is C15H20N2O3. The summed E-state index contributed by atoms with van der Waals surface area (Å²) in [7, 11) is 0. The molecule has 5 heteroatoms. The molecule has 0 radical (unpaired) electrons. The van der Waals surface area contributed by atoms with Gasteiger partial charge in [0.1, 0.15) is 13.2 Å². The molecule has 3 aliphatic rings. The monoisotopic (exact) mass is 276 g/mol. The Labute approximate surface area is 118 Å². The Morgan fingerprint density at radius 3 is 2.70 bits per heavy atom. The first-order chi connectivity index (χ1) is 9.85. The quantitative estimate of drug-likeness (QED) is 0.647. The van der Waals surface area contributed by atoms with Crippen molar-refractivity contribution in [1.82, 2.24) is 5.43 Å². The summed E-state index contributed by atoms with van der Waals surface area (Å²) in [6, 6.07) is 6.21. The molecule has 0 amide bonds. The maximum absolute atomic E-state index is 5.95. The van der Waals surface area contributed by atoms with Crippen LogP contribution < -0.4 is 20.7 Å². The van der Waals surface area contributed by atoms with Gasteiger partial charge in [0.05, 0.1) is 18.2 Å². The number of benzene rings is 1. The van der Waals surface area contributed by atoms with Gasteiger partial charge < -0.3 is 14.2 Å². The van der Waals surface area contributed by atoms with Crippen molar-refractivity contribution in [3.05, 3.63) is 23.8 Å². The summed E-state index contributed by atoms with van der Waals surface area (Å²) >= 11 is 0. The fourth-order valence-corrected chi connectivity index (χ4v) is 3.75. The molecule has 0 aromatic heterocycles. The molecule has 1 aromatic carbocycles. The van der Waals surface area contributed by atoms with E-state index in [-0.39, 0.29) is 6.04 Å². The summed E-state index contributed by atoms with van der Waals surface area (Å²) in [5.41, 5.74) is 4.13. The Hall–Kier alpha value is -1.30. The zero-order chi connectivity index (χ0) is 13.5. The van der Waals surface area contributed by atoms with Crippen molar-refractivity contribution in [3.8, 4) is 11.5 Å². The Bertz CT molecular complexity index is 508. The molecular weight excluding hydrogens is 256 g/mol. The minimum absolute atomic E-state index is 0.112. The lowest BCUT2D eigenvalue weighted by Crippen LogP contribution is -2.37. The molecule has 5 nitrogen and oxygen atoms in total. The Morgan fingerprint density at radius 1 is 1.15 bits per heavy atom. The van der Waals surface area contributed by atoms with E-state index in [0.29, 0.717) is 31.3 Å². The Balaban J connectivity index is 1.61. The van der Waals surface area contributed by atoms with E-state index in [1.165, 1.54) is 6.42 Å². The number of hydrazine groups is 1. The molecule has 2 saturated heterocycles. The molecule has 2 bridgehead atoms. The minimum atomic E-state index is 0.112. The van der Waals surface area contributed by atoms with Crippen molar-refractivity contribution in [2.75, 3.05) is 13.2 Å². The Kier molecular flexibility index (Phi) is 3.06. The van der Waals surface area contributed by atoms with Crippen molar-refractivity contribution in [3.63, 3.8) is 0 Å². The van der Waals surface area contributed by atoms with E-state index in [0.717, 1.165) is 29.9 Å². The molecule has 4 rings (SSSR count). The van der Waals surface area contributed by atoms with Crippen molar-refractivity contribution >= 4 is 0 Å². The van der Waals surface area contributed by atoms with Crippen molar-refractivity contribution in [2.45, 2.75) is 37.5 Å². The van der Waals surface area contributed by atoms with E-state index >= 15 is 0 Å². The number of nitrogens with one attached hydrogen (secondary N) is 1. The van der Waals surface area contributed by atoms with E-state index in [4.69, 9.17) is 20.1 Å². The van der Waals surface area contributed by atoms with Crippen molar-refractivity contribution < 1.29 is 14.2 Å². The van der Waals surface area contributed by atoms with Crippen LogP contribution in [0.3, 0.4) is 0 Å². The number of fused-ring (bicyclic) bond motifs is 3. The highest BCUT2D eigenvalue weighted by Crippen LogP contribution is 2.45. The molecule has 108 valence electrons. The highest BCUT2D eigenvalue weighted by Gasteiger charge is 2.44. The van der Waals surface area contributed by atoms with Crippen molar-refractivity contribution in [1.29, 1.82) is 0 Å². The Morgan fingerprint density at radius 2 is 2.00 bits per heavy atom. The number of ether oxygens (including phenoxy) is 3. The predicted molar refractivity (Wildman–Crippen MR) is 73.5 cm³/mol. The second kappa shape index (κ2) is 4.91. The van der Waals surface area contributed by atoms with E-state index in [2.05, 4.69) is 11.5 Å². The van der Waals surface area contributed by atoms with Crippen LogP contribution in [0.1, 0.15) is 30.9 Å². The molecule has 1 aromatic rings. The molecule has 4 unspecified atom stereocenters. The van der Waals surface area contributed by atoms with Crippen LogP contribution in [0.5, 0.6) is 11.5 Å². The molecule has 3 heterocycles. The maximum Gasteiger partial charge on any atom is 0.161 e. The third-order valence-corrected chi connectivity index (χ3v) is 4.69. The number of hydrogen-bond acceptors (Lipinski definition) is 5. The van der Waals surface area contributed by atoms with Crippen LogP contribution in [0.2, 0.25) is 0 Å². The number of hydrogen-bond donors (Lipinski definition) is 2. The molecule has 3 N–H and O–H groups in total. The third-order valence-electron chi connectivity index (χ3n) is 4.69. The number of nitrogens with two attached hydrogens (primary N) is 1. The normalized spacial score (nSPS) is 32.4. The molecule has 3 aliphatic heterocycles. The van der Waals surface area contributed by atoms with Crippen LogP contribution in [-0.4, -0.2) is 25.4 Å². The molecule has 4 atom stereocenters. The summed E-state index contributed by atoms with van der Waals surface area (Å²) in [4.78, 5) is 0. The molecule has 20 heavy (non-hydrogen) atoms. The average Bonchev–Trinajstić information content (AvgIpc) is 3.11. The first-order valence-corrected chi connectivity index (χ1v) is 7.36. The number of rotatable bonds is 3. The van der Waals surface area contributed by atoms with Gasteiger partial charge in [-0.25, -0.2) is 0 Å². The van der Waals surface area contributed by atoms with Crippen LogP contribution in [0.15, 0.2) is 18.2 Å². The maximum atomic E-state index is 5.95. The van der Waals surface area contributed by atoms with Gasteiger partial charge in [-0.05, 0) is 37.0 Å². The minimum Gasteiger partial charge on any atom is -0.486 e. The molecule has 0 saturated carbocycles. The van der Waals surface area contributed by atoms with E-state index in [1.54, 1.807) is 0 Å². The lowest BCUT2D eigenvalue weighted by Gasteiger charge is -2.29. The van der Waals surface area contributed by atoms with Gasteiger partial charge in [0.2, 0.25) is 0 Å². The fraction of sp³-hybridized carbons (Fsp3) is 0.600. The summed E-state index contributed by atoms with van der Waals surface area (Å²) in [5.74, 6) is 7.90. The van der Waals surface area contributed by atoms with Crippen LogP contribution >= 0.6 is 0 Å². The highest BCUT2D eigenvalue weighted by atomic mass is 16.6. The van der Waals surface area contributed by atoms with Crippen LogP contribution in [0.25, 0.3) is 0 Å². The van der Waals surface area contributed by atoms with Gasteiger partial charge in [-0.1, -0.05) is 6.07 Å². The molecule has 2 fully saturated rings. The van der Waals surface area contributed by atoms with Gasteiger partial charge >= 0.3 is 0 Å². The lowest BCUT2D eigenvalue weighted by atomic mass is 9.81. The summed E-state index contributed by atoms with van der Waals surface area (Å²) in [5, 5.41) is 0. The smallest absolute Gasteiger partial charge is 0.161 e. The first-order valence-electron chi connectivity index (χ1n) is 7.36. The van der Waals surface area contributed by atoms with E-state index in [1.807, 2.05) is 12.1 Å². The van der Waals surface area contributed by atoms with Gasteiger partial charge in [0.15, 0.2) is 11.5 Å².